The highest BCUT2D eigenvalue weighted by molar-refractivity contribution is 6.31. The molecule has 3 rings (SSSR count). The topological polar surface area (TPSA) is 109 Å². The van der Waals surface area contributed by atoms with Gasteiger partial charge in [0.25, 0.3) is 5.69 Å². The average molecular weight is 464 g/mol. The third kappa shape index (κ3) is 5.79. The summed E-state index contributed by atoms with van der Waals surface area (Å²) in [5.41, 5.74) is -0.698. The molecular formula is C20H13ClF3N5O3. The molecule has 3 aromatic rings. The molecule has 0 unspecified atom stereocenters. The molecule has 0 fully saturated rings. The van der Waals surface area contributed by atoms with Gasteiger partial charge in [0.1, 0.15) is 5.69 Å². The van der Waals surface area contributed by atoms with Crippen molar-refractivity contribution in [2.24, 2.45) is 10.2 Å². The molecule has 12 heteroatoms. The minimum absolute atomic E-state index is 0.116. The van der Waals surface area contributed by atoms with E-state index in [1.54, 1.807) is 12.1 Å². The van der Waals surface area contributed by atoms with Gasteiger partial charge in [-0.3, -0.25) is 10.1 Å². The Balaban J connectivity index is 1.76. The van der Waals surface area contributed by atoms with Gasteiger partial charge in [0.15, 0.2) is 0 Å². The number of urea groups is 1. The standard InChI is InChI=1S/C20H13ClF3N5O3/c21-16-9-8-12(11-15(16)20(22,23)24)25-19(30)26-17-6-1-2-7-18(17)28-27-13-4-3-5-14(10-13)29(31)32/h1-11H,(H2,25,26,30). The van der Waals surface area contributed by atoms with Crippen molar-refractivity contribution in [3.63, 3.8) is 0 Å². The van der Waals surface area contributed by atoms with Crippen LogP contribution in [-0.2, 0) is 6.18 Å². The highest BCUT2D eigenvalue weighted by atomic mass is 35.5. The Bertz CT molecular complexity index is 1200. The second-order valence-electron chi connectivity index (χ2n) is 6.27. The number of anilines is 2. The van der Waals surface area contributed by atoms with Gasteiger partial charge in [-0.05, 0) is 36.4 Å². The SMILES string of the molecule is O=C(Nc1ccc(Cl)c(C(F)(F)F)c1)Nc1ccccc1N=Nc1cccc([N+](=O)[O-])c1. The van der Waals surface area contributed by atoms with Gasteiger partial charge in [0.05, 0.1) is 26.9 Å². The molecule has 0 aliphatic carbocycles. The molecular weight excluding hydrogens is 451 g/mol. The summed E-state index contributed by atoms with van der Waals surface area (Å²) in [6.45, 7) is 0. The van der Waals surface area contributed by atoms with Gasteiger partial charge in [-0.15, -0.1) is 5.11 Å². The smallest absolute Gasteiger partial charge is 0.308 e. The molecule has 32 heavy (non-hydrogen) atoms. The van der Waals surface area contributed by atoms with Crippen LogP contribution in [0.1, 0.15) is 5.56 Å². The number of hydrogen-bond acceptors (Lipinski definition) is 5. The van der Waals surface area contributed by atoms with Crippen molar-refractivity contribution < 1.29 is 22.9 Å². The third-order valence-corrected chi connectivity index (χ3v) is 4.33. The van der Waals surface area contributed by atoms with Gasteiger partial charge in [-0.2, -0.15) is 18.3 Å². The van der Waals surface area contributed by atoms with E-state index in [0.29, 0.717) is 0 Å². The second-order valence-corrected chi connectivity index (χ2v) is 6.67. The average Bonchev–Trinajstić information content (AvgIpc) is 2.74. The van der Waals surface area contributed by atoms with Crippen LogP contribution in [0.25, 0.3) is 0 Å². The predicted octanol–water partition coefficient (Wildman–Crippen LogP) is 7.33. The molecule has 164 valence electrons. The van der Waals surface area contributed by atoms with E-state index in [0.717, 1.165) is 12.1 Å². The Hall–Kier alpha value is -3.99. The molecule has 2 N–H and O–H groups in total. The maximum absolute atomic E-state index is 13.0. The number of non-ortho nitro benzene ring substituents is 1. The Labute approximate surface area is 183 Å². The molecule has 0 bridgehead atoms. The number of alkyl halides is 3. The lowest BCUT2D eigenvalue weighted by atomic mass is 10.2. The normalized spacial score (nSPS) is 11.4. The fraction of sp³-hybridized carbons (Fsp3) is 0.0500. The number of rotatable bonds is 5. The lowest BCUT2D eigenvalue weighted by Gasteiger charge is -2.13. The molecule has 8 nitrogen and oxygen atoms in total. The minimum Gasteiger partial charge on any atom is -0.308 e. The first-order valence-corrected chi connectivity index (χ1v) is 9.21. The van der Waals surface area contributed by atoms with Gasteiger partial charge in [-0.1, -0.05) is 29.8 Å². The Morgan fingerprint density at radius 3 is 2.44 bits per heavy atom. The quantitative estimate of drug-likeness (QED) is 0.235. The highest BCUT2D eigenvalue weighted by Crippen LogP contribution is 2.36. The Kier molecular flexibility index (Phi) is 6.69. The Morgan fingerprint density at radius 2 is 1.72 bits per heavy atom. The van der Waals surface area contributed by atoms with Gasteiger partial charge >= 0.3 is 12.2 Å². The molecule has 3 aromatic carbocycles. The van der Waals surface area contributed by atoms with E-state index in [2.05, 4.69) is 20.9 Å². The van der Waals surface area contributed by atoms with Gasteiger partial charge in [0, 0.05) is 17.8 Å². The van der Waals surface area contributed by atoms with Gasteiger partial charge < -0.3 is 10.6 Å². The van der Waals surface area contributed by atoms with E-state index in [4.69, 9.17) is 11.6 Å². The highest BCUT2D eigenvalue weighted by Gasteiger charge is 2.33. The van der Waals surface area contributed by atoms with Crippen LogP contribution in [0.15, 0.2) is 77.0 Å². The number of carbonyl (C=O) groups is 1. The molecule has 2 amide bonds. The summed E-state index contributed by atoms with van der Waals surface area (Å²) in [5, 5.41) is 23.1. The number of azo groups is 1. The van der Waals surface area contributed by atoms with E-state index in [1.807, 2.05) is 0 Å². The number of halogens is 4. The predicted molar refractivity (Wildman–Crippen MR) is 113 cm³/mol. The van der Waals surface area contributed by atoms with Crippen LogP contribution < -0.4 is 10.6 Å². The summed E-state index contributed by atoms with van der Waals surface area (Å²) in [5.74, 6) is 0. The van der Waals surface area contributed by atoms with E-state index >= 15 is 0 Å². The summed E-state index contributed by atoms with van der Waals surface area (Å²) in [7, 11) is 0. The molecule has 0 aliphatic rings. The summed E-state index contributed by atoms with van der Waals surface area (Å²) in [6.07, 6.45) is -4.68. The van der Waals surface area contributed by atoms with Crippen LogP contribution in [0.2, 0.25) is 5.02 Å². The molecule has 0 heterocycles. The number of nitrogens with one attached hydrogen (secondary N) is 2. The molecule has 0 atom stereocenters. The van der Waals surface area contributed by atoms with E-state index in [-0.39, 0.29) is 28.4 Å². The summed E-state index contributed by atoms with van der Waals surface area (Å²) in [6, 6.07) is 13.9. The van der Waals surface area contributed by atoms with Crippen LogP contribution in [-0.4, -0.2) is 11.0 Å². The lowest BCUT2D eigenvalue weighted by Crippen LogP contribution is -2.20. The van der Waals surface area contributed by atoms with Crippen molar-refractivity contribution in [3.8, 4) is 0 Å². The Morgan fingerprint density at radius 1 is 0.969 bits per heavy atom. The third-order valence-electron chi connectivity index (χ3n) is 4.00. The van der Waals surface area contributed by atoms with E-state index < -0.39 is 27.7 Å². The summed E-state index contributed by atoms with van der Waals surface area (Å²) >= 11 is 5.57. The molecule has 0 saturated heterocycles. The fourth-order valence-electron chi connectivity index (χ4n) is 2.55. The largest absolute Gasteiger partial charge is 0.417 e. The van der Waals surface area contributed by atoms with Gasteiger partial charge in [0.2, 0.25) is 0 Å². The van der Waals surface area contributed by atoms with Gasteiger partial charge in [-0.25, -0.2) is 4.79 Å². The van der Waals surface area contributed by atoms with Crippen LogP contribution in [0.4, 0.5) is 46.4 Å². The number of nitrogens with zero attached hydrogens (tertiary/aromatic N) is 3. The van der Waals surface area contributed by atoms with Crippen molar-refractivity contribution in [1.29, 1.82) is 0 Å². The number of nitro groups is 1. The molecule has 0 radical (unpaired) electrons. The number of hydrogen-bond donors (Lipinski definition) is 2. The zero-order chi connectivity index (χ0) is 23.3. The summed E-state index contributed by atoms with van der Waals surface area (Å²) < 4.78 is 39.0. The molecule has 0 aromatic heterocycles. The maximum atomic E-state index is 13.0. The first kappa shape index (κ1) is 22.7. The minimum atomic E-state index is -4.68. The van der Waals surface area contributed by atoms with Crippen LogP contribution >= 0.6 is 11.6 Å². The lowest BCUT2D eigenvalue weighted by molar-refractivity contribution is -0.384. The van der Waals surface area contributed by atoms with E-state index in [9.17, 15) is 28.1 Å². The van der Waals surface area contributed by atoms with Crippen molar-refractivity contribution in [1.82, 2.24) is 0 Å². The number of nitro benzene ring substituents is 1. The molecule has 0 spiro atoms. The maximum Gasteiger partial charge on any atom is 0.417 e. The first-order valence-electron chi connectivity index (χ1n) is 8.83. The zero-order valence-corrected chi connectivity index (χ0v) is 16.7. The number of amides is 2. The van der Waals surface area contributed by atoms with E-state index in [1.165, 1.54) is 42.5 Å². The number of benzene rings is 3. The molecule has 0 saturated carbocycles. The van der Waals surface area contributed by atoms with Crippen LogP contribution in [0, 0.1) is 10.1 Å². The summed E-state index contributed by atoms with van der Waals surface area (Å²) in [4.78, 5) is 22.6. The van der Waals surface area contributed by atoms with Crippen molar-refractivity contribution >= 4 is 46.1 Å². The fourth-order valence-corrected chi connectivity index (χ4v) is 2.78. The molecule has 0 aliphatic heterocycles. The van der Waals surface area contributed by atoms with Crippen molar-refractivity contribution in [3.05, 3.63) is 87.4 Å². The second kappa shape index (κ2) is 9.43. The zero-order valence-electron chi connectivity index (χ0n) is 15.9. The van der Waals surface area contributed by atoms with Crippen molar-refractivity contribution in [2.75, 3.05) is 10.6 Å². The van der Waals surface area contributed by atoms with Crippen molar-refractivity contribution in [2.45, 2.75) is 6.18 Å². The number of para-hydroxylation sites is 1. The first-order chi connectivity index (χ1) is 15.1. The van der Waals surface area contributed by atoms with Crippen LogP contribution in [0.5, 0.6) is 0 Å². The van der Waals surface area contributed by atoms with Crippen LogP contribution in [0.3, 0.4) is 0 Å². The number of carbonyl (C=O) groups excluding carboxylic acids is 1. The monoisotopic (exact) mass is 463 g/mol.